The molecule has 0 aliphatic carbocycles. The highest BCUT2D eigenvalue weighted by molar-refractivity contribution is 5.88. The number of para-hydroxylation sites is 2. The van der Waals surface area contributed by atoms with Crippen LogP contribution in [0.3, 0.4) is 0 Å². The molecule has 9 aromatic carbocycles. The van der Waals surface area contributed by atoms with Gasteiger partial charge in [0, 0.05) is 56.3 Å². The lowest BCUT2D eigenvalue weighted by molar-refractivity contribution is 0.799. The fourth-order valence-electron chi connectivity index (χ4n) is 9.43. The molecule has 0 aliphatic heterocycles. The van der Waals surface area contributed by atoms with Crippen LogP contribution in [0, 0.1) is 6.92 Å². The van der Waals surface area contributed by atoms with Crippen LogP contribution in [0.2, 0.25) is 0 Å². The number of nitrogens with zero attached hydrogens (tertiary/aromatic N) is 5. The van der Waals surface area contributed by atoms with Gasteiger partial charge in [-0.2, -0.15) is 5.10 Å². The number of aryl methyl sites for hydroxylation is 1. The molecule has 0 saturated heterocycles. The van der Waals surface area contributed by atoms with Crippen molar-refractivity contribution in [1.82, 2.24) is 0 Å². The zero-order valence-electron chi connectivity index (χ0n) is 44.4. The third-order valence-corrected chi connectivity index (χ3v) is 13.5. The molecule has 9 rings (SSSR count). The molecule has 5 heteroatoms. The molecular formula is C70H71N5. The quantitative estimate of drug-likeness (QED) is 0.0432. The number of hydrazone groups is 1. The van der Waals surface area contributed by atoms with Gasteiger partial charge < -0.3 is 14.7 Å². The van der Waals surface area contributed by atoms with E-state index in [-0.39, 0.29) is 0 Å². The highest BCUT2D eigenvalue weighted by Gasteiger charge is 2.14. The highest BCUT2D eigenvalue weighted by Crippen LogP contribution is 2.32. The standard InChI is InChI=1S/C36H40N2.C34H31N3/c1-5-37(6-2)33-23-15-21-31(27-33)36(32-22-16-24-34(28-32)38(7-3)8-4)26-25-35(29-17-11-9-12-18-29)30-19-13-10-14-20-30;1-28-24-34(36(26-29-14-6-2-7-15-29)27-30-16-8-3-9-17-30)23-22-31(28)25-35-37(32-18-10-4-11-19-32)33-20-12-5-13-21-33/h9-28H,5-8H2,1-4H3;2-25H,26-27H2,1H3. The molecule has 376 valence electrons. The monoisotopic (exact) mass is 982 g/mol. The molecule has 0 amide bonds. The molecule has 0 atom stereocenters. The summed E-state index contributed by atoms with van der Waals surface area (Å²) in [6.07, 6.45) is 6.55. The number of benzene rings is 9. The zero-order chi connectivity index (χ0) is 52.0. The Hall–Kier alpha value is -8.67. The van der Waals surface area contributed by atoms with Crippen molar-refractivity contribution in [2.24, 2.45) is 5.10 Å². The van der Waals surface area contributed by atoms with Crippen molar-refractivity contribution in [2.75, 3.05) is 45.9 Å². The summed E-state index contributed by atoms with van der Waals surface area (Å²) < 4.78 is 0. The second-order valence-electron chi connectivity index (χ2n) is 18.4. The van der Waals surface area contributed by atoms with Crippen molar-refractivity contribution in [3.05, 3.63) is 305 Å². The Morgan fingerprint density at radius 1 is 0.347 bits per heavy atom. The van der Waals surface area contributed by atoms with E-state index in [1.54, 1.807) is 0 Å². The van der Waals surface area contributed by atoms with E-state index in [1.165, 1.54) is 67.2 Å². The number of allylic oxidation sites excluding steroid dienone is 2. The van der Waals surface area contributed by atoms with E-state index < -0.39 is 0 Å². The Morgan fingerprint density at radius 3 is 1.09 bits per heavy atom. The van der Waals surface area contributed by atoms with Gasteiger partial charge in [0.2, 0.25) is 0 Å². The van der Waals surface area contributed by atoms with Gasteiger partial charge in [0.25, 0.3) is 0 Å². The summed E-state index contributed by atoms with van der Waals surface area (Å²) >= 11 is 0. The first-order valence-corrected chi connectivity index (χ1v) is 26.6. The fraction of sp³-hybridized carbons (Fsp3) is 0.157. The SMILES string of the molecule is CCN(CC)c1cccc(C(=CC=C(c2ccccc2)c2ccccc2)c2cccc(N(CC)CC)c2)c1.Cc1cc(N(Cc2ccccc2)Cc2ccccc2)ccc1C=NN(c1ccccc1)c1ccccc1. The van der Waals surface area contributed by atoms with Crippen LogP contribution in [0.5, 0.6) is 0 Å². The Morgan fingerprint density at radius 2 is 0.693 bits per heavy atom. The third kappa shape index (κ3) is 14.5. The smallest absolute Gasteiger partial charge is 0.0652 e. The van der Waals surface area contributed by atoms with Gasteiger partial charge in [0.1, 0.15) is 0 Å². The Bertz CT molecular complexity index is 3020. The largest absolute Gasteiger partial charge is 0.372 e. The minimum Gasteiger partial charge on any atom is -0.372 e. The summed E-state index contributed by atoms with van der Waals surface area (Å²) in [7, 11) is 0. The summed E-state index contributed by atoms with van der Waals surface area (Å²) in [5, 5.41) is 6.88. The average Bonchev–Trinajstić information content (AvgIpc) is 3.47. The van der Waals surface area contributed by atoms with E-state index in [4.69, 9.17) is 5.10 Å². The summed E-state index contributed by atoms with van der Waals surface area (Å²) in [5.74, 6) is 0. The Labute approximate surface area is 447 Å². The van der Waals surface area contributed by atoms with Gasteiger partial charge >= 0.3 is 0 Å². The first kappa shape index (κ1) is 52.6. The maximum Gasteiger partial charge on any atom is 0.0652 e. The minimum atomic E-state index is 0.846. The van der Waals surface area contributed by atoms with Gasteiger partial charge in [-0.1, -0.05) is 200 Å². The molecule has 0 radical (unpaired) electrons. The topological polar surface area (TPSA) is 25.3 Å². The van der Waals surface area contributed by atoms with Crippen molar-refractivity contribution >= 4 is 45.8 Å². The van der Waals surface area contributed by atoms with Crippen LogP contribution in [-0.2, 0) is 13.1 Å². The van der Waals surface area contributed by atoms with Gasteiger partial charge in [-0.05, 0) is 151 Å². The predicted octanol–water partition coefficient (Wildman–Crippen LogP) is 17.3. The van der Waals surface area contributed by atoms with Crippen LogP contribution in [0.1, 0.15) is 72.2 Å². The van der Waals surface area contributed by atoms with Crippen molar-refractivity contribution in [1.29, 1.82) is 0 Å². The first-order valence-electron chi connectivity index (χ1n) is 26.6. The van der Waals surface area contributed by atoms with E-state index in [2.05, 4.69) is 274 Å². The first-order chi connectivity index (χ1) is 36.9. The second-order valence-corrected chi connectivity index (χ2v) is 18.4. The Kier molecular flexibility index (Phi) is 19.2. The van der Waals surface area contributed by atoms with Crippen molar-refractivity contribution in [3.63, 3.8) is 0 Å². The molecule has 0 N–H and O–H groups in total. The third-order valence-electron chi connectivity index (χ3n) is 13.5. The van der Waals surface area contributed by atoms with E-state index in [0.717, 1.165) is 56.2 Å². The molecular weight excluding hydrogens is 911 g/mol. The van der Waals surface area contributed by atoms with E-state index >= 15 is 0 Å². The molecule has 0 bridgehead atoms. The minimum absolute atomic E-state index is 0.846. The molecule has 0 spiro atoms. The number of hydrogen-bond acceptors (Lipinski definition) is 5. The van der Waals surface area contributed by atoms with Gasteiger partial charge in [0.05, 0.1) is 17.6 Å². The lowest BCUT2D eigenvalue weighted by atomic mass is 9.93. The van der Waals surface area contributed by atoms with E-state index in [1.807, 2.05) is 47.6 Å². The lowest BCUT2D eigenvalue weighted by Crippen LogP contribution is -2.22. The summed E-state index contributed by atoms with van der Waals surface area (Å²) in [6, 6.07) is 87.7. The van der Waals surface area contributed by atoms with Crippen LogP contribution in [-0.4, -0.2) is 32.4 Å². The number of rotatable bonds is 20. The van der Waals surface area contributed by atoms with Crippen LogP contribution in [0.15, 0.2) is 266 Å². The van der Waals surface area contributed by atoms with Crippen molar-refractivity contribution in [3.8, 4) is 0 Å². The van der Waals surface area contributed by atoms with Crippen LogP contribution < -0.4 is 19.7 Å². The van der Waals surface area contributed by atoms with Crippen molar-refractivity contribution < 1.29 is 0 Å². The second kappa shape index (κ2) is 27.4. The summed E-state index contributed by atoms with van der Waals surface area (Å²) in [6.45, 7) is 16.7. The molecule has 75 heavy (non-hydrogen) atoms. The van der Waals surface area contributed by atoms with Gasteiger partial charge in [0.15, 0.2) is 0 Å². The van der Waals surface area contributed by atoms with Crippen molar-refractivity contribution in [2.45, 2.75) is 47.7 Å². The molecule has 0 unspecified atom stereocenters. The lowest BCUT2D eigenvalue weighted by Gasteiger charge is -2.26. The van der Waals surface area contributed by atoms with Crippen LogP contribution in [0.4, 0.5) is 28.4 Å². The molecule has 5 nitrogen and oxygen atoms in total. The fourth-order valence-corrected chi connectivity index (χ4v) is 9.43. The summed E-state index contributed by atoms with van der Waals surface area (Å²) in [4.78, 5) is 7.24. The van der Waals surface area contributed by atoms with E-state index in [0.29, 0.717) is 0 Å². The molecule has 0 heterocycles. The number of hydrogen-bond donors (Lipinski definition) is 0. The highest BCUT2D eigenvalue weighted by atomic mass is 15.5. The maximum absolute atomic E-state index is 4.90. The normalized spacial score (nSPS) is 10.7. The van der Waals surface area contributed by atoms with Crippen LogP contribution in [0.25, 0.3) is 11.1 Å². The maximum atomic E-state index is 4.90. The van der Waals surface area contributed by atoms with Gasteiger partial charge in [-0.15, -0.1) is 0 Å². The predicted molar refractivity (Wildman–Crippen MR) is 324 cm³/mol. The number of anilines is 5. The van der Waals surface area contributed by atoms with E-state index in [9.17, 15) is 0 Å². The molecule has 0 fully saturated rings. The summed E-state index contributed by atoms with van der Waals surface area (Å²) in [5.41, 5.74) is 17.9. The Balaban J connectivity index is 0.000000199. The van der Waals surface area contributed by atoms with Gasteiger partial charge in [-0.3, -0.25) is 0 Å². The zero-order valence-corrected chi connectivity index (χ0v) is 44.4. The van der Waals surface area contributed by atoms with Gasteiger partial charge in [-0.25, -0.2) is 5.01 Å². The average molecular weight is 982 g/mol. The molecule has 0 aromatic heterocycles. The molecule has 0 aliphatic rings. The molecule has 0 saturated carbocycles. The van der Waals surface area contributed by atoms with Crippen LogP contribution >= 0.6 is 0 Å². The molecule has 9 aromatic rings.